The first-order chi connectivity index (χ1) is 24.2. The van der Waals surface area contributed by atoms with Gasteiger partial charge in [-0.1, -0.05) is 94.4 Å². The molecule has 2 heteroatoms. The number of thiophene rings is 1. The maximum atomic E-state index is 2.69. The van der Waals surface area contributed by atoms with Gasteiger partial charge < -0.3 is 4.90 Å². The van der Waals surface area contributed by atoms with E-state index < -0.39 is 0 Å². The maximum Gasteiger partial charge on any atom is 0.0502 e. The van der Waals surface area contributed by atoms with Crippen molar-refractivity contribution >= 4 is 48.6 Å². The van der Waals surface area contributed by atoms with E-state index in [1.54, 1.807) is 11.1 Å². The third-order valence-corrected chi connectivity index (χ3v) is 15.6. The summed E-state index contributed by atoms with van der Waals surface area (Å²) in [6.07, 6.45) is 9.53. The van der Waals surface area contributed by atoms with Gasteiger partial charge in [0.15, 0.2) is 0 Å². The van der Waals surface area contributed by atoms with Crippen LogP contribution in [0.15, 0.2) is 103 Å². The number of rotatable bonds is 3. The van der Waals surface area contributed by atoms with Crippen LogP contribution in [-0.4, -0.2) is 0 Å². The molecule has 1 aromatic heterocycles. The molecule has 4 fully saturated rings. The second-order valence-electron chi connectivity index (χ2n) is 18.0. The highest BCUT2D eigenvalue weighted by atomic mass is 32.1. The lowest BCUT2D eigenvalue weighted by molar-refractivity contribution is -0.0399. The molecule has 6 aliphatic rings. The molecule has 6 aromatic rings. The van der Waals surface area contributed by atoms with E-state index in [9.17, 15) is 0 Å². The number of hydrogen-bond donors (Lipinski definition) is 0. The molecule has 0 unspecified atom stereocenters. The van der Waals surface area contributed by atoms with Gasteiger partial charge in [-0.15, -0.1) is 11.3 Å². The summed E-state index contributed by atoms with van der Waals surface area (Å²) in [5.74, 6) is 3.38. The summed E-state index contributed by atoms with van der Waals surface area (Å²) >= 11 is 1.93. The fourth-order valence-electron chi connectivity index (χ4n) is 12.4. The van der Waals surface area contributed by atoms with Gasteiger partial charge in [0.1, 0.15) is 0 Å². The Hall–Kier alpha value is -3.88. The van der Waals surface area contributed by atoms with E-state index in [2.05, 4.69) is 136 Å². The first kappa shape index (κ1) is 29.8. The minimum Gasteiger partial charge on any atom is -0.310 e. The summed E-state index contributed by atoms with van der Waals surface area (Å²) < 4.78 is 2.73. The van der Waals surface area contributed by atoms with Crippen molar-refractivity contribution in [2.75, 3.05) is 4.90 Å². The van der Waals surface area contributed by atoms with Gasteiger partial charge in [-0.05, 0) is 149 Å². The van der Waals surface area contributed by atoms with Crippen LogP contribution in [0.25, 0.3) is 31.3 Å². The molecule has 250 valence electrons. The fraction of sp³-hybridized carbons (Fsp3) is 0.375. The highest BCUT2D eigenvalue weighted by Gasteiger charge is 2.61. The average Bonchev–Trinajstić information content (AvgIpc) is 3.62. The predicted molar refractivity (Wildman–Crippen MR) is 213 cm³/mol. The fourth-order valence-corrected chi connectivity index (χ4v) is 13.6. The Morgan fingerprint density at radius 2 is 1.18 bits per heavy atom. The summed E-state index contributed by atoms with van der Waals surface area (Å²) in [5.41, 5.74) is 13.6. The zero-order valence-electron chi connectivity index (χ0n) is 29.9. The monoisotopic (exact) mass is 669 g/mol. The zero-order valence-corrected chi connectivity index (χ0v) is 30.7. The number of nitrogens with zero attached hydrogens (tertiary/aromatic N) is 1. The second-order valence-corrected chi connectivity index (χ2v) is 19.1. The Morgan fingerprint density at radius 3 is 2.00 bits per heavy atom. The van der Waals surface area contributed by atoms with Gasteiger partial charge in [0.2, 0.25) is 0 Å². The third kappa shape index (κ3) is 3.90. The van der Waals surface area contributed by atoms with Gasteiger partial charge in [-0.2, -0.15) is 0 Å². The third-order valence-electron chi connectivity index (χ3n) is 14.5. The van der Waals surface area contributed by atoms with Gasteiger partial charge in [0.05, 0.1) is 5.69 Å². The molecule has 1 spiro atoms. The van der Waals surface area contributed by atoms with Crippen LogP contribution in [0.3, 0.4) is 0 Å². The van der Waals surface area contributed by atoms with Crippen LogP contribution in [0.5, 0.6) is 0 Å². The molecule has 0 N–H and O–H groups in total. The topological polar surface area (TPSA) is 3.24 Å². The highest BCUT2D eigenvalue weighted by Crippen LogP contribution is 2.69. The Morgan fingerprint density at radius 1 is 0.540 bits per heavy atom. The lowest BCUT2D eigenvalue weighted by Gasteiger charge is -2.61. The van der Waals surface area contributed by atoms with Crippen LogP contribution < -0.4 is 4.90 Å². The molecule has 0 atom stereocenters. The van der Waals surface area contributed by atoms with E-state index in [-0.39, 0.29) is 16.2 Å². The lowest BCUT2D eigenvalue weighted by Crippen LogP contribution is -2.55. The van der Waals surface area contributed by atoms with Crippen molar-refractivity contribution in [1.82, 2.24) is 0 Å². The van der Waals surface area contributed by atoms with Crippen LogP contribution in [0.2, 0.25) is 0 Å². The Kier molecular flexibility index (Phi) is 6.04. The lowest BCUT2D eigenvalue weighted by atomic mass is 9.43. The molecule has 1 nitrogen and oxygen atoms in total. The van der Waals surface area contributed by atoms with Crippen molar-refractivity contribution in [3.63, 3.8) is 0 Å². The van der Waals surface area contributed by atoms with Crippen molar-refractivity contribution < 1.29 is 0 Å². The molecule has 1 heterocycles. The van der Waals surface area contributed by atoms with Crippen LogP contribution in [0, 0.1) is 23.7 Å². The van der Waals surface area contributed by atoms with E-state index >= 15 is 0 Å². The van der Waals surface area contributed by atoms with Crippen molar-refractivity contribution in [3.8, 4) is 11.1 Å². The standard InChI is InChI=1S/C48H47NS/c1-46(2)20-21-47(3,4)45-40(46)13-9-14-42(45)49(34-17-19-38-37-11-6-8-15-43(37)50-44(38)28-34)33-16-18-36-35-10-5-7-12-39(35)48(41(36)27-33)31-23-29-22-30(25-31)26-32(48)24-29/h5-19,27-32H,20-26H2,1-4H3. The van der Waals surface area contributed by atoms with Crippen LogP contribution in [-0.2, 0) is 16.2 Å². The smallest absolute Gasteiger partial charge is 0.0502 e. The van der Waals surface area contributed by atoms with Crippen molar-refractivity contribution in [2.45, 2.75) is 88.9 Å². The molecule has 4 bridgehead atoms. The molecular weight excluding hydrogens is 623 g/mol. The first-order valence-electron chi connectivity index (χ1n) is 19.3. The molecule has 50 heavy (non-hydrogen) atoms. The molecule has 0 radical (unpaired) electrons. The number of fused-ring (bicyclic) bond motifs is 7. The van der Waals surface area contributed by atoms with Crippen molar-refractivity contribution in [1.29, 1.82) is 0 Å². The minimum atomic E-state index is 0.0804. The second kappa shape index (κ2) is 10.1. The SMILES string of the molecule is CC1(C)CCC(C)(C)c2c(N(c3ccc4c(c3)C3(c5ccccc5-4)C4CC5CC(C4)CC3C5)c3ccc4c(c3)sc3ccccc34)cccc21. The van der Waals surface area contributed by atoms with Crippen molar-refractivity contribution in [3.05, 3.63) is 125 Å². The number of hydrogen-bond acceptors (Lipinski definition) is 2. The molecule has 6 aliphatic carbocycles. The van der Waals surface area contributed by atoms with Gasteiger partial charge >= 0.3 is 0 Å². The van der Waals surface area contributed by atoms with Crippen molar-refractivity contribution in [2.24, 2.45) is 23.7 Å². The van der Waals surface area contributed by atoms with Gasteiger partial charge in [-0.25, -0.2) is 0 Å². The normalized spacial score (nSPS) is 27.8. The molecule has 0 saturated heterocycles. The van der Waals surface area contributed by atoms with E-state index in [4.69, 9.17) is 0 Å². The van der Waals surface area contributed by atoms with Crippen LogP contribution in [0.1, 0.15) is 94.9 Å². The largest absolute Gasteiger partial charge is 0.310 e. The zero-order chi connectivity index (χ0) is 33.6. The Balaban J connectivity index is 1.17. The molecular formula is C48H47NS. The van der Waals surface area contributed by atoms with Gasteiger partial charge in [-0.3, -0.25) is 0 Å². The average molecular weight is 670 g/mol. The van der Waals surface area contributed by atoms with Gasteiger partial charge in [0, 0.05) is 37.0 Å². The van der Waals surface area contributed by atoms with Crippen LogP contribution >= 0.6 is 11.3 Å². The Labute approximate surface area is 301 Å². The number of benzene rings is 5. The van der Waals surface area contributed by atoms with Crippen LogP contribution in [0.4, 0.5) is 17.1 Å². The minimum absolute atomic E-state index is 0.0804. The Bertz CT molecular complexity index is 2340. The summed E-state index contributed by atoms with van der Waals surface area (Å²) in [4.78, 5) is 2.67. The summed E-state index contributed by atoms with van der Waals surface area (Å²) in [7, 11) is 0. The first-order valence-corrected chi connectivity index (χ1v) is 20.1. The van der Waals surface area contributed by atoms with E-state index in [1.165, 1.54) is 104 Å². The maximum absolute atomic E-state index is 2.69. The molecule has 0 aliphatic heterocycles. The van der Waals surface area contributed by atoms with E-state index in [0.717, 1.165) is 23.7 Å². The highest BCUT2D eigenvalue weighted by molar-refractivity contribution is 7.25. The summed E-state index contributed by atoms with van der Waals surface area (Å²) in [6, 6.07) is 40.6. The van der Waals surface area contributed by atoms with Gasteiger partial charge in [0.25, 0.3) is 0 Å². The molecule has 12 rings (SSSR count). The van der Waals surface area contributed by atoms with E-state index in [1.807, 2.05) is 11.3 Å². The summed E-state index contributed by atoms with van der Waals surface area (Å²) in [6.45, 7) is 9.89. The summed E-state index contributed by atoms with van der Waals surface area (Å²) in [5, 5.41) is 2.73. The number of anilines is 3. The predicted octanol–water partition coefficient (Wildman–Crippen LogP) is 13.6. The molecule has 5 aromatic carbocycles. The molecule has 0 amide bonds. The quantitative estimate of drug-likeness (QED) is 0.181. The molecule has 4 saturated carbocycles. The van der Waals surface area contributed by atoms with E-state index in [0.29, 0.717) is 0 Å².